The minimum atomic E-state index is -4.83. The number of carbonyl (C=O) groups excluding carboxylic acids is 1. The van der Waals surface area contributed by atoms with E-state index in [1.165, 1.54) is 0 Å². The fraction of sp³-hybridized carbons (Fsp3) is 0.667. The number of hydrogen-bond acceptors (Lipinski definition) is 3. The van der Waals surface area contributed by atoms with Gasteiger partial charge in [0.2, 0.25) is 0 Å². The SMILES string of the molecule is CNCCCn1cc[n+](CCCNC(=O)C(F)(F)F)c1N. The zero-order chi connectivity index (χ0) is 15.9. The Labute approximate surface area is 121 Å². The molecule has 0 bridgehead atoms. The van der Waals surface area contributed by atoms with E-state index in [0.29, 0.717) is 18.9 Å². The third kappa shape index (κ3) is 5.62. The van der Waals surface area contributed by atoms with Crippen molar-refractivity contribution in [2.45, 2.75) is 32.1 Å². The summed E-state index contributed by atoms with van der Waals surface area (Å²) < 4.78 is 39.5. The van der Waals surface area contributed by atoms with Gasteiger partial charge >= 0.3 is 18.0 Å². The number of alkyl halides is 3. The molecule has 1 aromatic rings. The van der Waals surface area contributed by atoms with Crippen molar-refractivity contribution in [1.82, 2.24) is 15.2 Å². The number of halogens is 3. The van der Waals surface area contributed by atoms with Gasteiger partial charge < -0.3 is 10.6 Å². The number of hydrogen-bond donors (Lipinski definition) is 3. The number of aryl methyl sites for hydroxylation is 2. The molecule has 9 heteroatoms. The van der Waals surface area contributed by atoms with E-state index in [0.717, 1.165) is 19.5 Å². The van der Waals surface area contributed by atoms with Crippen molar-refractivity contribution in [3.8, 4) is 0 Å². The van der Waals surface area contributed by atoms with E-state index in [2.05, 4.69) is 5.32 Å². The van der Waals surface area contributed by atoms with Crippen molar-refractivity contribution in [1.29, 1.82) is 0 Å². The highest BCUT2D eigenvalue weighted by Gasteiger charge is 2.38. The maximum Gasteiger partial charge on any atom is 0.471 e. The minimum Gasteiger partial charge on any atom is -0.348 e. The van der Waals surface area contributed by atoms with Crippen molar-refractivity contribution in [3.63, 3.8) is 0 Å². The van der Waals surface area contributed by atoms with Crippen molar-refractivity contribution in [2.75, 3.05) is 25.9 Å². The van der Waals surface area contributed by atoms with Crippen molar-refractivity contribution < 1.29 is 22.5 Å². The quantitative estimate of drug-likeness (QED) is 0.469. The number of nitrogens with two attached hydrogens (primary N) is 1. The van der Waals surface area contributed by atoms with E-state index in [4.69, 9.17) is 5.73 Å². The number of imidazole rings is 1. The van der Waals surface area contributed by atoms with Gasteiger partial charge in [0.05, 0.1) is 25.5 Å². The lowest BCUT2D eigenvalue weighted by molar-refractivity contribution is -0.682. The van der Waals surface area contributed by atoms with Crippen LogP contribution in [0.3, 0.4) is 0 Å². The van der Waals surface area contributed by atoms with E-state index >= 15 is 0 Å². The molecule has 0 spiro atoms. The Balaban J connectivity index is 2.34. The molecule has 21 heavy (non-hydrogen) atoms. The first kappa shape index (κ1) is 17.3. The Kier molecular flexibility index (Phi) is 6.47. The first-order valence-corrected chi connectivity index (χ1v) is 6.70. The van der Waals surface area contributed by atoms with Gasteiger partial charge in [-0.1, -0.05) is 0 Å². The van der Waals surface area contributed by atoms with Gasteiger partial charge in [-0.25, -0.2) is 9.13 Å². The molecule has 1 amide bonds. The lowest BCUT2D eigenvalue weighted by Crippen LogP contribution is -2.40. The second-order valence-corrected chi connectivity index (χ2v) is 4.61. The summed E-state index contributed by atoms with van der Waals surface area (Å²) in [5, 5.41) is 4.86. The van der Waals surface area contributed by atoms with Crippen LogP contribution >= 0.6 is 0 Å². The van der Waals surface area contributed by atoms with E-state index in [9.17, 15) is 18.0 Å². The van der Waals surface area contributed by atoms with Gasteiger partial charge in [-0.15, -0.1) is 0 Å². The second-order valence-electron chi connectivity index (χ2n) is 4.61. The average molecular weight is 308 g/mol. The minimum absolute atomic E-state index is 0.0459. The third-order valence-corrected chi connectivity index (χ3v) is 2.96. The molecule has 1 aromatic heterocycles. The molecule has 6 nitrogen and oxygen atoms in total. The molecule has 0 aliphatic rings. The van der Waals surface area contributed by atoms with Crippen LogP contribution in [0.1, 0.15) is 12.8 Å². The molecule has 0 aliphatic heterocycles. The van der Waals surface area contributed by atoms with Crippen LogP contribution in [0.5, 0.6) is 0 Å². The number of rotatable bonds is 8. The fourth-order valence-corrected chi connectivity index (χ4v) is 1.83. The highest BCUT2D eigenvalue weighted by atomic mass is 19.4. The number of nitrogens with one attached hydrogen (secondary N) is 2. The molecule has 4 N–H and O–H groups in total. The lowest BCUT2D eigenvalue weighted by atomic mass is 10.4. The van der Waals surface area contributed by atoms with E-state index in [1.54, 1.807) is 10.8 Å². The Morgan fingerprint density at radius 3 is 2.71 bits per heavy atom. The zero-order valence-electron chi connectivity index (χ0n) is 11.9. The molecule has 120 valence electrons. The molecule has 0 aliphatic carbocycles. The maximum atomic E-state index is 12.0. The highest BCUT2D eigenvalue weighted by molar-refractivity contribution is 5.81. The molecular formula is C12H21F3N5O+. The van der Waals surface area contributed by atoms with Crippen LogP contribution in [-0.4, -0.2) is 36.8 Å². The number of carbonyl (C=O) groups is 1. The van der Waals surface area contributed by atoms with E-state index in [1.807, 2.05) is 23.1 Å². The molecule has 1 rings (SSSR count). The number of nitrogen functional groups attached to an aromatic ring is 1. The fourth-order valence-electron chi connectivity index (χ4n) is 1.83. The van der Waals surface area contributed by atoms with Gasteiger partial charge in [-0.2, -0.15) is 13.2 Å². The Morgan fingerprint density at radius 1 is 1.38 bits per heavy atom. The van der Waals surface area contributed by atoms with Crippen LogP contribution in [0.15, 0.2) is 12.4 Å². The highest BCUT2D eigenvalue weighted by Crippen LogP contribution is 2.13. The Hall–Kier alpha value is -1.77. The summed E-state index contributed by atoms with van der Waals surface area (Å²) in [5.74, 6) is -1.36. The Morgan fingerprint density at radius 2 is 2.10 bits per heavy atom. The Bertz CT molecular complexity index is 458. The topological polar surface area (TPSA) is 76.0 Å². The van der Waals surface area contributed by atoms with Crippen LogP contribution in [0, 0.1) is 0 Å². The first-order valence-electron chi connectivity index (χ1n) is 6.70. The van der Waals surface area contributed by atoms with E-state index < -0.39 is 12.1 Å². The second kappa shape index (κ2) is 7.87. The smallest absolute Gasteiger partial charge is 0.348 e. The molecule has 0 aromatic carbocycles. The number of amides is 1. The summed E-state index contributed by atoms with van der Waals surface area (Å²) >= 11 is 0. The molecule has 0 saturated carbocycles. The largest absolute Gasteiger partial charge is 0.471 e. The summed E-state index contributed by atoms with van der Waals surface area (Å²) in [7, 11) is 1.87. The van der Waals surface area contributed by atoms with Gasteiger partial charge in [-0.3, -0.25) is 10.5 Å². The van der Waals surface area contributed by atoms with Crippen LogP contribution in [0.2, 0.25) is 0 Å². The summed E-state index contributed by atoms with van der Waals surface area (Å²) in [5.41, 5.74) is 5.94. The standard InChI is InChI=1S/C12H20F3N5O/c1-17-4-2-6-19-8-9-20(11(19)16)7-3-5-18-10(21)12(13,14)15/h8-9,16-17H,2-7H2,1H3,(H,18,21)/p+1. The molecule has 0 saturated heterocycles. The van der Waals surface area contributed by atoms with Crippen molar-refractivity contribution in [2.24, 2.45) is 0 Å². The van der Waals surface area contributed by atoms with Crippen LogP contribution < -0.4 is 20.9 Å². The summed E-state index contributed by atoms with van der Waals surface area (Å²) in [6.45, 7) is 2.05. The van der Waals surface area contributed by atoms with Crippen LogP contribution in [0.4, 0.5) is 19.1 Å². The van der Waals surface area contributed by atoms with Gasteiger partial charge in [0.25, 0.3) is 0 Å². The van der Waals surface area contributed by atoms with Crippen molar-refractivity contribution in [3.05, 3.63) is 12.4 Å². The lowest BCUT2D eigenvalue weighted by Gasteiger charge is -2.07. The molecule has 0 fully saturated rings. The number of anilines is 1. The van der Waals surface area contributed by atoms with Gasteiger partial charge in [0, 0.05) is 6.54 Å². The predicted octanol–water partition coefficient (Wildman–Crippen LogP) is 0.0359. The zero-order valence-corrected chi connectivity index (χ0v) is 11.9. The van der Waals surface area contributed by atoms with Crippen molar-refractivity contribution >= 4 is 11.9 Å². The number of nitrogens with zero attached hydrogens (tertiary/aromatic N) is 2. The number of aromatic nitrogens is 2. The monoisotopic (exact) mass is 308 g/mol. The molecule has 1 heterocycles. The van der Waals surface area contributed by atoms with Gasteiger partial charge in [0.1, 0.15) is 0 Å². The average Bonchev–Trinajstić information content (AvgIpc) is 2.75. The molecule has 0 atom stereocenters. The first-order chi connectivity index (χ1) is 9.86. The van der Waals surface area contributed by atoms with E-state index in [-0.39, 0.29) is 6.54 Å². The third-order valence-electron chi connectivity index (χ3n) is 2.96. The summed E-state index contributed by atoms with van der Waals surface area (Å²) in [6, 6.07) is 0. The van der Waals surface area contributed by atoms with Gasteiger partial charge in [0.15, 0.2) is 0 Å². The molecule has 0 unspecified atom stereocenters. The molecular weight excluding hydrogens is 287 g/mol. The normalized spacial score (nSPS) is 11.6. The van der Waals surface area contributed by atoms with Crippen LogP contribution in [-0.2, 0) is 17.9 Å². The molecule has 0 radical (unpaired) electrons. The van der Waals surface area contributed by atoms with Crippen LogP contribution in [0.25, 0.3) is 0 Å². The maximum absolute atomic E-state index is 12.0. The predicted molar refractivity (Wildman–Crippen MR) is 71.3 cm³/mol. The van der Waals surface area contributed by atoms with Gasteiger partial charge in [-0.05, 0) is 26.4 Å². The summed E-state index contributed by atoms with van der Waals surface area (Å²) in [6.07, 6.45) is 0.0800. The summed E-state index contributed by atoms with van der Waals surface area (Å²) in [4.78, 5) is 10.6.